The first kappa shape index (κ1) is 14.1. The SMILES string of the molecule is CCC(NC(C)c1ccc(Cl)cc1)c1ccccc1. The molecular weight excluding hydrogens is 254 g/mol. The van der Waals surface area contributed by atoms with Gasteiger partial charge in [0, 0.05) is 17.1 Å². The largest absolute Gasteiger partial charge is 0.303 e. The van der Waals surface area contributed by atoms with Crippen molar-refractivity contribution in [2.24, 2.45) is 0 Å². The van der Waals surface area contributed by atoms with Gasteiger partial charge < -0.3 is 5.32 Å². The highest BCUT2D eigenvalue weighted by Gasteiger charge is 2.13. The van der Waals surface area contributed by atoms with E-state index in [9.17, 15) is 0 Å². The first-order chi connectivity index (χ1) is 9.20. The minimum Gasteiger partial charge on any atom is -0.303 e. The van der Waals surface area contributed by atoms with Crippen LogP contribution in [0.1, 0.15) is 43.5 Å². The molecule has 100 valence electrons. The Labute approximate surface area is 120 Å². The van der Waals surface area contributed by atoms with Crippen molar-refractivity contribution in [1.29, 1.82) is 0 Å². The van der Waals surface area contributed by atoms with E-state index in [1.807, 2.05) is 12.1 Å². The molecule has 0 fully saturated rings. The van der Waals surface area contributed by atoms with Gasteiger partial charge in [0.2, 0.25) is 0 Å². The van der Waals surface area contributed by atoms with Crippen LogP contribution in [0.2, 0.25) is 5.02 Å². The van der Waals surface area contributed by atoms with Crippen LogP contribution in [0.3, 0.4) is 0 Å². The van der Waals surface area contributed by atoms with Crippen LogP contribution in [0.15, 0.2) is 54.6 Å². The third-order valence-corrected chi connectivity index (χ3v) is 3.68. The number of rotatable bonds is 5. The van der Waals surface area contributed by atoms with Gasteiger partial charge in [0.05, 0.1) is 0 Å². The fourth-order valence-electron chi connectivity index (χ4n) is 2.28. The number of halogens is 1. The highest BCUT2D eigenvalue weighted by atomic mass is 35.5. The highest BCUT2D eigenvalue weighted by molar-refractivity contribution is 6.30. The molecule has 2 rings (SSSR count). The van der Waals surface area contributed by atoms with Gasteiger partial charge in [-0.2, -0.15) is 0 Å². The summed E-state index contributed by atoms with van der Waals surface area (Å²) in [4.78, 5) is 0. The van der Waals surface area contributed by atoms with E-state index in [2.05, 4.69) is 61.6 Å². The van der Waals surface area contributed by atoms with Crippen LogP contribution in [-0.4, -0.2) is 0 Å². The molecule has 0 heterocycles. The van der Waals surface area contributed by atoms with Gasteiger partial charge in [0.25, 0.3) is 0 Å². The van der Waals surface area contributed by atoms with Gasteiger partial charge in [-0.15, -0.1) is 0 Å². The van der Waals surface area contributed by atoms with Crippen LogP contribution in [0.4, 0.5) is 0 Å². The van der Waals surface area contributed by atoms with Crippen molar-refractivity contribution in [3.8, 4) is 0 Å². The Kier molecular flexibility index (Phi) is 5.00. The molecule has 2 unspecified atom stereocenters. The van der Waals surface area contributed by atoms with E-state index in [1.165, 1.54) is 11.1 Å². The summed E-state index contributed by atoms with van der Waals surface area (Å²) in [6.07, 6.45) is 1.07. The fourth-order valence-corrected chi connectivity index (χ4v) is 2.41. The molecule has 1 N–H and O–H groups in total. The van der Waals surface area contributed by atoms with Gasteiger partial charge in [0.1, 0.15) is 0 Å². The number of hydrogen-bond acceptors (Lipinski definition) is 1. The average molecular weight is 274 g/mol. The van der Waals surface area contributed by atoms with Crippen LogP contribution in [-0.2, 0) is 0 Å². The Bertz CT molecular complexity index is 492. The fraction of sp³-hybridized carbons (Fsp3) is 0.294. The minimum atomic E-state index is 0.308. The monoisotopic (exact) mass is 273 g/mol. The van der Waals surface area contributed by atoms with Crippen molar-refractivity contribution in [3.63, 3.8) is 0 Å². The van der Waals surface area contributed by atoms with Crippen molar-refractivity contribution in [1.82, 2.24) is 5.32 Å². The quantitative estimate of drug-likeness (QED) is 0.795. The summed E-state index contributed by atoms with van der Waals surface area (Å²) in [5.41, 5.74) is 2.60. The summed E-state index contributed by atoms with van der Waals surface area (Å²) in [6, 6.07) is 19.3. The van der Waals surface area contributed by atoms with Gasteiger partial charge in [-0.1, -0.05) is 61.0 Å². The summed E-state index contributed by atoms with van der Waals surface area (Å²) in [6.45, 7) is 4.40. The molecule has 0 saturated carbocycles. The van der Waals surface area contributed by atoms with Crippen LogP contribution < -0.4 is 5.32 Å². The Morgan fingerprint density at radius 3 is 2.16 bits per heavy atom. The summed E-state index contributed by atoms with van der Waals surface area (Å²) in [5.74, 6) is 0. The molecule has 19 heavy (non-hydrogen) atoms. The maximum atomic E-state index is 5.92. The predicted molar refractivity (Wildman–Crippen MR) is 82.5 cm³/mol. The molecule has 2 aromatic carbocycles. The van der Waals surface area contributed by atoms with E-state index in [4.69, 9.17) is 11.6 Å². The van der Waals surface area contributed by atoms with E-state index in [0.29, 0.717) is 12.1 Å². The third kappa shape index (κ3) is 3.82. The van der Waals surface area contributed by atoms with Crippen LogP contribution in [0, 0.1) is 0 Å². The Balaban J connectivity index is 2.08. The molecule has 1 nitrogen and oxygen atoms in total. The number of benzene rings is 2. The van der Waals surface area contributed by atoms with Crippen molar-refractivity contribution in [2.45, 2.75) is 32.4 Å². The normalized spacial score (nSPS) is 14.1. The van der Waals surface area contributed by atoms with Gasteiger partial charge in [0.15, 0.2) is 0 Å². The molecule has 0 aliphatic rings. The lowest BCUT2D eigenvalue weighted by molar-refractivity contribution is 0.456. The van der Waals surface area contributed by atoms with Gasteiger partial charge >= 0.3 is 0 Å². The molecular formula is C17H20ClN. The van der Waals surface area contributed by atoms with E-state index >= 15 is 0 Å². The van der Waals surface area contributed by atoms with Gasteiger partial charge in [-0.25, -0.2) is 0 Å². The molecule has 2 heteroatoms. The number of nitrogens with one attached hydrogen (secondary N) is 1. The zero-order valence-corrected chi connectivity index (χ0v) is 12.2. The zero-order chi connectivity index (χ0) is 13.7. The molecule has 0 aliphatic heterocycles. The van der Waals surface area contributed by atoms with Crippen molar-refractivity contribution >= 4 is 11.6 Å². The topological polar surface area (TPSA) is 12.0 Å². The summed E-state index contributed by atoms with van der Waals surface area (Å²) >= 11 is 5.92. The Morgan fingerprint density at radius 1 is 0.947 bits per heavy atom. The maximum Gasteiger partial charge on any atom is 0.0406 e. The van der Waals surface area contributed by atoms with Crippen molar-refractivity contribution in [3.05, 3.63) is 70.7 Å². The third-order valence-electron chi connectivity index (χ3n) is 3.43. The first-order valence-electron chi connectivity index (χ1n) is 6.77. The molecule has 2 atom stereocenters. The van der Waals surface area contributed by atoms with E-state index in [1.54, 1.807) is 0 Å². The average Bonchev–Trinajstić information content (AvgIpc) is 2.46. The summed E-state index contributed by atoms with van der Waals surface area (Å²) in [7, 11) is 0. The zero-order valence-electron chi connectivity index (χ0n) is 11.4. The van der Waals surface area contributed by atoms with Gasteiger partial charge in [-0.05, 0) is 36.6 Å². The second-order valence-electron chi connectivity index (χ2n) is 4.81. The van der Waals surface area contributed by atoms with Crippen LogP contribution >= 0.6 is 11.6 Å². The van der Waals surface area contributed by atoms with E-state index < -0.39 is 0 Å². The molecule has 0 amide bonds. The molecule has 0 radical (unpaired) electrons. The molecule has 0 aliphatic carbocycles. The lowest BCUT2D eigenvalue weighted by atomic mass is 10.0. The van der Waals surface area contributed by atoms with E-state index in [0.717, 1.165) is 11.4 Å². The second kappa shape index (κ2) is 6.74. The first-order valence-corrected chi connectivity index (χ1v) is 7.15. The number of hydrogen-bond donors (Lipinski definition) is 1. The maximum absolute atomic E-state index is 5.92. The smallest absolute Gasteiger partial charge is 0.0406 e. The molecule has 0 aromatic heterocycles. The molecule has 0 saturated heterocycles. The molecule has 0 spiro atoms. The summed E-state index contributed by atoms with van der Waals surface area (Å²) in [5, 5.41) is 4.46. The second-order valence-corrected chi connectivity index (χ2v) is 5.25. The minimum absolute atomic E-state index is 0.308. The Hall–Kier alpha value is -1.31. The molecule has 0 bridgehead atoms. The molecule has 2 aromatic rings. The van der Waals surface area contributed by atoms with Crippen LogP contribution in [0.25, 0.3) is 0 Å². The predicted octanol–water partition coefficient (Wildman–Crippen LogP) is 5.14. The lowest BCUT2D eigenvalue weighted by Crippen LogP contribution is -2.24. The lowest BCUT2D eigenvalue weighted by Gasteiger charge is -2.23. The highest BCUT2D eigenvalue weighted by Crippen LogP contribution is 2.22. The van der Waals surface area contributed by atoms with Gasteiger partial charge in [-0.3, -0.25) is 0 Å². The Morgan fingerprint density at radius 2 is 1.58 bits per heavy atom. The van der Waals surface area contributed by atoms with Crippen molar-refractivity contribution < 1.29 is 0 Å². The van der Waals surface area contributed by atoms with Crippen molar-refractivity contribution in [2.75, 3.05) is 0 Å². The van der Waals surface area contributed by atoms with Crippen LogP contribution in [0.5, 0.6) is 0 Å². The summed E-state index contributed by atoms with van der Waals surface area (Å²) < 4.78 is 0. The van der Waals surface area contributed by atoms with E-state index in [-0.39, 0.29) is 0 Å². The standard InChI is InChI=1S/C17H20ClN/c1-3-17(15-7-5-4-6-8-15)19-13(2)14-9-11-16(18)12-10-14/h4-13,17,19H,3H2,1-2H3.